The largest absolute Gasteiger partial charge is 0.293 e. The summed E-state index contributed by atoms with van der Waals surface area (Å²) >= 11 is 17.9. The fourth-order valence-electron chi connectivity index (χ4n) is 1.65. The van der Waals surface area contributed by atoms with Crippen molar-refractivity contribution in [2.75, 3.05) is 4.90 Å². The van der Waals surface area contributed by atoms with E-state index in [0.29, 0.717) is 15.8 Å². The first-order chi connectivity index (χ1) is 7.93. The first kappa shape index (κ1) is 12.5. The van der Waals surface area contributed by atoms with Crippen LogP contribution in [0.15, 0.2) is 40.5 Å². The predicted molar refractivity (Wildman–Crippen MR) is 74.3 cm³/mol. The summed E-state index contributed by atoms with van der Waals surface area (Å²) < 4.78 is 0. The molecule has 0 fully saturated rings. The van der Waals surface area contributed by atoms with Crippen LogP contribution in [0.25, 0.3) is 0 Å². The molecule has 2 rings (SSSR count). The number of aryl methyl sites for hydroxylation is 1. The third kappa shape index (κ3) is 1.97. The van der Waals surface area contributed by atoms with E-state index in [2.05, 4.69) is 6.58 Å². The molecule has 2 nitrogen and oxygen atoms in total. The van der Waals surface area contributed by atoms with Crippen molar-refractivity contribution in [3.8, 4) is 0 Å². The summed E-state index contributed by atoms with van der Waals surface area (Å²) in [5.74, 6) is 0.118. The average Bonchev–Trinajstić information content (AvgIpc) is 2.48. The fraction of sp³-hybridized carbons (Fsp3) is 0.0833. The number of halogens is 3. The molecular weight excluding hydrogens is 279 g/mol. The molecule has 0 aromatic heterocycles. The highest BCUT2D eigenvalue weighted by molar-refractivity contribution is 6.53. The SMILES string of the molecule is C=C1C(Cl)=C(Cl)C(=N)N1c1cc(Cl)ccc1C. The van der Waals surface area contributed by atoms with Gasteiger partial charge in [0.15, 0.2) is 5.84 Å². The highest BCUT2D eigenvalue weighted by atomic mass is 35.5. The molecule has 0 atom stereocenters. The normalized spacial score (nSPS) is 16.1. The van der Waals surface area contributed by atoms with E-state index < -0.39 is 0 Å². The van der Waals surface area contributed by atoms with Gasteiger partial charge in [-0.3, -0.25) is 10.3 Å². The van der Waals surface area contributed by atoms with Crippen LogP contribution >= 0.6 is 34.8 Å². The van der Waals surface area contributed by atoms with E-state index in [1.54, 1.807) is 17.0 Å². The number of benzene rings is 1. The molecule has 0 unspecified atom stereocenters. The molecule has 0 amide bonds. The number of nitrogens with one attached hydrogen (secondary N) is 1. The summed E-state index contributed by atoms with van der Waals surface area (Å²) in [5.41, 5.74) is 2.23. The first-order valence-electron chi connectivity index (χ1n) is 4.83. The Labute approximate surface area is 115 Å². The molecule has 0 saturated carbocycles. The Kier molecular flexibility index (Phi) is 3.21. The molecule has 0 bridgehead atoms. The van der Waals surface area contributed by atoms with Gasteiger partial charge in [-0.05, 0) is 24.6 Å². The lowest BCUT2D eigenvalue weighted by atomic mass is 10.2. The topological polar surface area (TPSA) is 27.1 Å². The molecule has 1 aliphatic rings. The third-order valence-electron chi connectivity index (χ3n) is 2.56. The van der Waals surface area contributed by atoms with Gasteiger partial charge in [0, 0.05) is 5.02 Å². The maximum absolute atomic E-state index is 7.93. The number of hydrogen-bond acceptors (Lipinski definition) is 1. The molecule has 0 radical (unpaired) electrons. The van der Waals surface area contributed by atoms with Gasteiger partial charge in [0.1, 0.15) is 5.03 Å². The summed E-state index contributed by atoms with van der Waals surface area (Å²) in [4.78, 5) is 1.59. The molecule has 0 spiro atoms. The molecule has 1 N–H and O–H groups in total. The van der Waals surface area contributed by atoms with Crippen molar-refractivity contribution in [3.05, 3.63) is 51.1 Å². The van der Waals surface area contributed by atoms with Gasteiger partial charge in [-0.1, -0.05) is 47.4 Å². The van der Waals surface area contributed by atoms with Crippen LogP contribution in [-0.4, -0.2) is 5.84 Å². The molecule has 1 aliphatic heterocycles. The maximum Gasteiger partial charge on any atom is 0.150 e. The number of anilines is 1. The zero-order valence-corrected chi connectivity index (χ0v) is 11.3. The zero-order valence-electron chi connectivity index (χ0n) is 9.02. The molecule has 0 saturated heterocycles. The summed E-state index contributed by atoms with van der Waals surface area (Å²) in [6.07, 6.45) is 0. The molecule has 17 heavy (non-hydrogen) atoms. The Hall–Kier alpha value is -0.960. The standard InChI is InChI=1S/C12H9Cl3N2/c1-6-3-4-8(13)5-9(6)17-7(2)10(14)11(15)12(17)16/h3-5,16H,2H2,1H3. The van der Waals surface area contributed by atoms with E-state index in [9.17, 15) is 0 Å². The third-order valence-corrected chi connectivity index (χ3v) is 3.67. The van der Waals surface area contributed by atoms with Crippen LogP contribution in [-0.2, 0) is 0 Å². The van der Waals surface area contributed by atoms with Crippen molar-refractivity contribution in [2.45, 2.75) is 6.92 Å². The number of rotatable bonds is 1. The van der Waals surface area contributed by atoms with Crippen molar-refractivity contribution in [3.63, 3.8) is 0 Å². The number of nitrogens with zero attached hydrogens (tertiary/aromatic N) is 1. The Balaban J connectivity index is 2.54. The Morgan fingerprint density at radius 1 is 1.18 bits per heavy atom. The van der Waals surface area contributed by atoms with Gasteiger partial charge in [-0.25, -0.2) is 0 Å². The summed E-state index contributed by atoms with van der Waals surface area (Å²) in [6.45, 7) is 5.76. The van der Waals surface area contributed by atoms with Gasteiger partial charge in [0.05, 0.1) is 16.4 Å². The lowest BCUT2D eigenvalue weighted by Gasteiger charge is -2.22. The van der Waals surface area contributed by atoms with Crippen LogP contribution in [0.4, 0.5) is 5.69 Å². The van der Waals surface area contributed by atoms with Gasteiger partial charge in [0.25, 0.3) is 0 Å². The minimum absolute atomic E-state index is 0.118. The van der Waals surface area contributed by atoms with Gasteiger partial charge >= 0.3 is 0 Å². The quantitative estimate of drug-likeness (QED) is 0.800. The predicted octanol–water partition coefficient (Wildman–Crippen LogP) is 4.65. The lowest BCUT2D eigenvalue weighted by Crippen LogP contribution is -2.24. The van der Waals surface area contributed by atoms with Crippen molar-refractivity contribution < 1.29 is 0 Å². The van der Waals surface area contributed by atoms with Crippen molar-refractivity contribution >= 4 is 46.3 Å². The smallest absolute Gasteiger partial charge is 0.150 e. The Morgan fingerprint density at radius 3 is 2.35 bits per heavy atom. The molecule has 0 aliphatic carbocycles. The second-order valence-electron chi connectivity index (χ2n) is 3.69. The van der Waals surface area contributed by atoms with Gasteiger partial charge in [0.2, 0.25) is 0 Å². The van der Waals surface area contributed by atoms with E-state index in [0.717, 1.165) is 11.3 Å². The number of allylic oxidation sites excluding steroid dienone is 1. The van der Waals surface area contributed by atoms with Crippen LogP contribution in [0.1, 0.15) is 5.56 Å². The minimum Gasteiger partial charge on any atom is -0.293 e. The Bertz CT molecular complexity index is 537. The summed E-state index contributed by atoms with van der Waals surface area (Å²) in [6, 6.07) is 5.42. The van der Waals surface area contributed by atoms with E-state index >= 15 is 0 Å². The van der Waals surface area contributed by atoms with Crippen LogP contribution in [0.2, 0.25) is 5.02 Å². The van der Waals surface area contributed by atoms with Crippen molar-refractivity contribution in [1.29, 1.82) is 5.41 Å². The molecule has 1 aromatic rings. The zero-order chi connectivity index (χ0) is 12.7. The van der Waals surface area contributed by atoms with Crippen molar-refractivity contribution in [2.24, 2.45) is 0 Å². The highest BCUT2D eigenvalue weighted by Gasteiger charge is 2.31. The second kappa shape index (κ2) is 4.37. The number of amidine groups is 1. The van der Waals surface area contributed by atoms with E-state index in [1.165, 1.54) is 0 Å². The summed E-state index contributed by atoms with van der Waals surface area (Å²) in [7, 11) is 0. The highest BCUT2D eigenvalue weighted by Crippen LogP contribution is 2.39. The minimum atomic E-state index is 0.118. The van der Waals surface area contributed by atoms with Crippen molar-refractivity contribution in [1.82, 2.24) is 0 Å². The lowest BCUT2D eigenvalue weighted by molar-refractivity contribution is 1.24. The monoisotopic (exact) mass is 286 g/mol. The first-order valence-corrected chi connectivity index (χ1v) is 5.96. The van der Waals surface area contributed by atoms with Crippen LogP contribution < -0.4 is 4.90 Å². The maximum atomic E-state index is 7.93. The molecule has 1 aromatic carbocycles. The molecule has 1 heterocycles. The van der Waals surface area contributed by atoms with Crippen LogP contribution in [0.5, 0.6) is 0 Å². The van der Waals surface area contributed by atoms with Gasteiger partial charge in [-0.15, -0.1) is 0 Å². The average molecular weight is 288 g/mol. The Morgan fingerprint density at radius 2 is 1.82 bits per heavy atom. The fourth-order valence-corrected chi connectivity index (χ4v) is 2.19. The van der Waals surface area contributed by atoms with E-state index in [4.69, 9.17) is 40.2 Å². The van der Waals surface area contributed by atoms with Gasteiger partial charge < -0.3 is 0 Å². The molecule has 5 heteroatoms. The van der Waals surface area contributed by atoms with Gasteiger partial charge in [-0.2, -0.15) is 0 Å². The molecular formula is C12H9Cl3N2. The van der Waals surface area contributed by atoms with E-state index in [-0.39, 0.29) is 10.9 Å². The second-order valence-corrected chi connectivity index (χ2v) is 4.88. The van der Waals surface area contributed by atoms with E-state index in [1.807, 2.05) is 13.0 Å². The van der Waals surface area contributed by atoms with Crippen LogP contribution in [0.3, 0.4) is 0 Å². The molecule has 88 valence electrons. The summed E-state index contributed by atoms with van der Waals surface area (Å²) in [5, 5.41) is 9.02. The van der Waals surface area contributed by atoms with Crippen LogP contribution in [0, 0.1) is 12.3 Å². The number of hydrogen-bond donors (Lipinski definition) is 1.